The monoisotopic (exact) mass is 283 g/mol. The molecule has 0 spiro atoms. The summed E-state index contributed by atoms with van der Waals surface area (Å²) in [4.78, 5) is 35.7. The van der Waals surface area contributed by atoms with Crippen LogP contribution >= 0.6 is 0 Å². The van der Waals surface area contributed by atoms with Crippen LogP contribution in [0, 0.1) is 22.7 Å². The van der Waals surface area contributed by atoms with Crippen molar-refractivity contribution in [3.8, 4) is 0 Å². The van der Waals surface area contributed by atoms with E-state index in [1.807, 2.05) is 5.87 Å². The Hall–Kier alpha value is -1.94. The average Bonchev–Trinajstić information content (AvgIpc) is 2.37. The van der Waals surface area contributed by atoms with Crippen molar-refractivity contribution in [2.24, 2.45) is 17.3 Å². The van der Waals surface area contributed by atoms with Crippen molar-refractivity contribution in [1.82, 2.24) is 0 Å². The molecule has 0 saturated heterocycles. The van der Waals surface area contributed by atoms with Crippen molar-refractivity contribution in [3.05, 3.63) is 5.57 Å². The molecule has 0 radical (unpaired) electrons. The van der Waals surface area contributed by atoms with E-state index in [0.29, 0.717) is 0 Å². The molecular weight excluding hydrogens is 262 g/mol. The summed E-state index contributed by atoms with van der Waals surface area (Å²) in [5.41, 5.74) is -0.771. The van der Waals surface area contributed by atoms with Gasteiger partial charge in [0.1, 0.15) is 0 Å². The van der Waals surface area contributed by atoms with Gasteiger partial charge < -0.3 is 9.47 Å². The molecule has 20 heavy (non-hydrogen) atoms. The van der Waals surface area contributed by atoms with Gasteiger partial charge in [0.25, 0.3) is 0 Å². The summed E-state index contributed by atoms with van der Waals surface area (Å²) in [6, 6.07) is 0. The zero-order valence-electron chi connectivity index (χ0n) is 12.7. The molecule has 0 bridgehead atoms. The van der Waals surface area contributed by atoms with E-state index in [0.717, 1.165) is 14.2 Å². The van der Waals surface area contributed by atoms with Gasteiger partial charge in [0.15, 0.2) is 11.7 Å². The molecule has 0 aliphatic heterocycles. The third-order valence-electron chi connectivity index (χ3n) is 2.93. The average molecular weight is 283 g/mol. The van der Waals surface area contributed by atoms with E-state index in [-0.39, 0.29) is 11.4 Å². The zero-order chi connectivity index (χ0) is 16.1. The van der Waals surface area contributed by atoms with Crippen LogP contribution in [0.1, 0.15) is 27.7 Å². The van der Waals surface area contributed by atoms with Gasteiger partial charge in [-0.25, -0.2) is 0 Å². The highest BCUT2D eigenvalue weighted by atomic mass is 16.5. The Labute approximate surface area is 118 Å². The Kier molecular flexibility index (Phi) is 6.33. The number of carbonyl (C=O) groups excluding carboxylic acids is 3. The van der Waals surface area contributed by atoms with Gasteiger partial charge >= 0.3 is 11.9 Å². The minimum atomic E-state index is -1.29. The predicted molar refractivity (Wildman–Crippen MR) is 72.4 cm³/mol. The molecule has 0 rings (SSSR count). The standard InChI is InChI=1S/C14H21NO5/c1-8(9(7-15)11(16)14(2,3)4)10(12(17)19-5)13(18)20-6/h8,10,15H,1-6H3. The maximum atomic E-state index is 12.2. The van der Waals surface area contributed by atoms with Gasteiger partial charge in [0.05, 0.1) is 19.8 Å². The fourth-order valence-corrected chi connectivity index (χ4v) is 1.71. The van der Waals surface area contributed by atoms with E-state index in [1.165, 1.54) is 6.92 Å². The Morgan fingerprint density at radius 3 is 1.70 bits per heavy atom. The molecule has 0 aromatic carbocycles. The first kappa shape index (κ1) is 18.1. The van der Waals surface area contributed by atoms with E-state index in [9.17, 15) is 14.4 Å². The maximum Gasteiger partial charge on any atom is 0.320 e. The first-order chi connectivity index (χ1) is 9.11. The highest BCUT2D eigenvalue weighted by molar-refractivity contribution is 6.08. The predicted octanol–water partition coefficient (Wildman–Crippen LogP) is 1.37. The fourth-order valence-electron chi connectivity index (χ4n) is 1.71. The smallest absolute Gasteiger partial charge is 0.320 e. The fraction of sp³-hybridized carbons (Fsp3) is 0.643. The normalized spacial score (nSPS) is 12.3. The summed E-state index contributed by atoms with van der Waals surface area (Å²) in [5.74, 6) is -2.05. The number of Topliss-reactive ketones (excluding diaryl/α,β-unsaturated/α-hetero) is 1. The van der Waals surface area contributed by atoms with E-state index >= 15 is 0 Å². The Balaban J connectivity index is 5.60. The van der Waals surface area contributed by atoms with Crippen molar-refractivity contribution < 1.29 is 23.9 Å². The Bertz CT molecular complexity index is 439. The minimum absolute atomic E-state index is 0.0294. The molecule has 6 heteroatoms. The second-order valence-corrected chi connectivity index (χ2v) is 5.43. The molecule has 0 aromatic rings. The van der Waals surface area contributed by atoms with Gasteiger partial charge in [-0.1, -0.05) is 27.7 Å². The number of ketones is 1. The molecule has 0 saturated carbocycles. The quantitative estimate of drug-likeness (QED) is 0.356. The van der Waals surface area contributed by atoms with Crippen molar-refractivity contribution in [1.29, 1.82) is 5.41 Å². The largest absolute Gasteiger partial charge is 0.468 e. The van der Waals surface area contributed by atoms with Gasteiger partial charge in [-0.3, -0.25) is 19.8 Å². The second-order valence-electron chi connectivity index (χ2n) is 5.43. The summed E-state index contributed by atoms with van der Waals surface area (Å²) in [6.07, 6.45) is 0. The number of allylic oxidation sites excluding steroid dienone is 1. The van der Waals surface area contributed by atoms with Gasteiger partial charge in [-0.2, -0.15) is 0 Å². The van der Waals surface area contributed by atoms with Crippen LogP contribution in [-0.4, -0.2) is 37.8 Å². The van der Waals surface area contributed by atoms with Crippen LogP contribution in [0.25, 0.3) is 0 Å². The van der Waals surface area contributed by atoms with Crippen LogP contribution in [0.4, 0.5) is 0 Å². The third-order valence-corrected chi connectivity index (χ3v) is 2.93. The lowest BCUT2D eigenvalue weighted by molar-refractivity contribution is -0.160. The van der Waals surface area contributed by atoms with Crippen molar-refractivity contribution >= 4 is 23.6 Å². The van der Waals surface area contributed by atoms with E-state index < -0.39 is 29.2 Å². The molecule has 0 aliphatic rings. The van der Waals surface area contributed by atoms with Gasteiger partial charge in [0, 0.05) is 11.3 Å². The molecule has 0 aromatic heterocycles. The van der Waals surface area contributed by atoms with Crippen LogP contribution in [0.2, 0.25) is 0 Å². The van der Waals surface area contributed by atoms with Crippen molar-refractivity contribution in [2.75, 3.05) is 14.2 Å². The van der Waals surface area contributed by atoms with Crippen LogP contribution < -0.4 is 0 Å². The zero-order valence-corrected chi connectivity index (χ0v) is 12.7. The number of esters is 2. The third kappa shape index (κ3) is 4.03. The molecule has 0 heterocycles. The highest BCUT2D eigenvalue weighted by Gasteiger charge is 2.40. The van der Waals surface area contributed by atoms with Crippen molar-refractivity contribution in [3.63, 3.8) is 0 Å². The summed E-state index contributed by atoms with van der Waals surface area (Å²) in [6.45, 7) is 6.55. The lowest BCUT2D eigenvalue weighted by Crippen LogP contribution is -2.37. The molecule has 0 amide bonds. The molecular formula is C14H21NO5. The van der Waals surface area contributed by atoms with Crippen LogP contribution in [0.15, 0.2) is 5.57 Å². The number of hydrogen-bond donors (Lipinski definition) is 1. The molecule has 112 valence electrons. The topological polar surface area (TPSA) is 93.5 Å². The van der Waals surface area contributed by atoms with Gasteiger partial charge in [0.2, 0.25) is 0 Å². The second kappa shape index (κ2) is 7.01. The van der Waals surface area contributed by atoms with Gasteiger partial charge in [-0.05, 0) is 5.87 Å². The molecule has 1 unspecified atom stereocenters. The molecule has 0 fully saturated rings. The maximum absolute atomic E-state index is 12.2. The summed E-state index contributed by atoms with van der Waals surface area (Å²) in [7, 11) is 2.29. The Morgan fingerprint density at radius 1 is 1.05 bits per heavy atom. The first-order valence-corrected chi connectivity index (χ1v) is 6.11. The van der Waals surface area contributed by atoms with E-state index in [1.54, 1.807) is 20.8 Å². The number of hydrogen-bond acceptors (Lipinski definition) is 6. The van der Waals surface area contributed by atoms with Crippen LogP contribution in [-0.2, 0) is 23.9 Å². The number of nitrogens with one attached hydrogen (secondary N) is 1. The number of ether oxygens (including phenoxy) is 2. The summed E-state index contributed by atoms with van der Waals surface area (Å²) >= 11 is 0. The van der Waals surface area contributed by atoms with Crippen molar-refractivity contribution in [2.45, 2.75) is 27.7 Å². The summed E-state index contributed by atoms with van der Waals surface area (Å²) in [5, 5.41) is 7.28. The molecule has 1 N–H and O–H groups in total. The molecule has 1 atom stereocenters. The van der Waals surface area contributed by atoms with Gasteiger partial charge in [-0.15, -0.1) is 0 Å². The highest BCUT2D eigenvalue weighted by Crippen LogP contribution is 2.28. The lowest BCUT2D eigenvalue weighted by Gasteiger charge is -2.24. The molecule has 0 aliphatic carbocycles. The molecule has 6 nitrogen and oxygen atoms in total. The number of methoxy groups -OCH3 is 2. The number of rotatable bonds is 5. The van der Waals surface area contributed by atoms with E-state index in [4.69, 9.17) is 5.41 Å². The van der Waals surface area contributed by atoms with E-state index in [2.05, 4.69) is 9.47 Å². The summed E-state index contributed by atoms with van der Waals surface area (Å²) < 4.78 is 9.13. The van der Waals surface area contributed by atoms with Crippen LogP contribution in [0.5, 0.6) is 0 Å². The lowest BCUT2D eigenvalue weighted by atomic mass is 9.78. The minimum Gasteiger partial charge on any atom is -0.468 e. The first-order valence-electron chi connectivity index (χ1n) is 6.11. The SMILES string of the molecule is COC(=O)C(C(=O)OC)C(C)C(=C=N)C(=O)C(C)(C)C. The Morgan fingerprint density at radius 2 is 1.45 bits per heavy atom. The van der Waals surface area contributed by atoms with Crippen LogP contribution in [0.3, 0.4) is 0 Å². The number of carbonyl (C=O) groups is 3.